The van der Waals surface area contributed by atoms with Gasteiger partial charge in [0.1, 0.15) is 0 Å². The van der Waals surface area contributed by atoms with E-state index in [1.807, 2.05) is 12.1 Å². The highest BCUT2D eigenvalue weighted by Gasteiger charge is 2.33. The fourth-order valence-corrected chi connectivity index (χ4v) is 2.78. The lowest BCUT2D eigenvalue weighted by atomic mass is 10.1. The van der Waals surface area contributed by atoms with Gasteiger partial charge in [-0.05, 0) is 42.0 Å². The third kappa shape index (κ3) is 2.72. The second-order valence-electron chi connectivity index (χ2n) is 4.76. The van der Waals surface area contributed by atoms with Gasteiger partial charge in [-0.15, -0.1) is 0 Å². The summed E-state index contributed by atoms with van der Waals surface area (Å²) in [4.78, 5) is 2.35. The van der Waals surface area contributed by atoms with Crippen LogP contribution in [-0.4, -0.2) is 13.6 Å². The van der Waals surface area contributed by atoms with Gasteiger partial charge in [-0.25, -0.2) is 0 Å². The molecule has 0 radical (unpaired) electrons. The van der Waals surface area contributed by atoms with Crippen LogP contribution in [-0.2, 0) is 5.33 Å². The van der Waals surface area contributed by atoms with Gasteiger partial charge < -0.3 is 4.90 Å². The molecule has 3 heteroatoms. The van der Waals surface area contributed by atoms with Crippen molar-refractivity contribution in [3.05, 3.63) is 28.8 Å². The molecule has 1 aromatic carbocycles. The van der Waals surface area contributed by atoms with E-state index >= 15 is 0 Å². The van der Waals surface area contributed by atoms with Gasteiger partial charge in [-0.3, -0.25) is 0 Å². The predicted molar refractivity (Wildman–Crippen MR) is 74.6 cm³/mol. The summed E-state index contributed by atoms with van der Waals surface area (Å²) in [5, 5.41) is 1.67. The van der Waals surface area contributed by atoms with E-state index in [0.717, 1.165) is 28.7 Å². The third-order valence-corrected chi connectivity index (χ3v) is 4.22. The Morgan fingerprint density at radius 2 is 2.19 bits per heavy atom. The molecule has 0 heterocycles. The first-order chi connectivity index (χ1) is 7.61. The summed E-state index contributed by atoms with van der Waals surface area (Å²) in [6.07, 6.45) is 1.38. The first-order valence-corrected chi connectivity index (χ1v) is 7.17. The molecule has 1 aliphatic rings. The Kier molecular flexibility index (Phi) is 3.81. The Hall–Kier alpha value is -0.210. The van der Waals surface area contributed by atoms with E-state index in [1.165, 1.54) is 17.7 Å². The molecule has 0 spiro atoms. The van der Waals surface area contributed by atoms with E-state index in [-0.39, 0.29) is 0 Å². The summed E-state index contributed by atoms with van der Waals surface area (Å²) in [5.74, 6) is 1.78. The van der Waals surface area contributed by atoms with Crippen LogP contribution in [0.4, 0.5) is 5.69 Å². The highest BCUT2D eigenvalue weighted by atomic mass is 79.9. The molecule has 1 fully saturated rings. The SMILES string of the molecule is CC1CC1CN(C)c1ccc(Cl)cc1CBr. The number of anilines is 1. The lowest BCUT2D eigenvalue weighted by Gasteiger charge is -2.22. The summed E-state index contributed by atoms with van der Waals surface area (Å²) < 4.78 is 0. The van der Waals surface area contributed by atoms with Crippen LogP contribution in [0.25, 0.3) is 0 Å². The van der Waals surface area contributed by atoms with E-state index in [4.69, 9.17) is 11.6 Å². The maximum absolute atomic E-state index is 6.00. The summed E-state index contributed by atoms with van der Waals surface area (Å²) in [6.45, 7) is 3.48. The smallest absolute Gasteiger partial charge is 0.0410 e. The molecule has 1 saturated carbocycles. The highest BCUT2D eigenvalue weighted by molar-refractivity contribution is 9.08. The molecule has 0 bridgehead atoms. The fraction of sp³-hybridized carbons (Fsp3) is 0.538. The maximum atomic E-state index is 6.00. The fourth-order valence-electron chi connectivity index (χ4n) is 2.14. The Labute approximate surface area is 111 Å². The van der Waals surface area contributed by atoms with Crippen molar-refractivity contribution >= 4 is 33.2 Å². The summed E-state index contributed by atoms with van der Waals surface area (Å²) in [6, 6.07) is 6.13. The van der Waals surface area contributed by atoms with Crippen LogP contribution in [0.3, 0.4) is 0 Å². The summed E-state index contributed by atoms with van der Waals surface area (Å²) in [7, 11) is 2.17. The lowest BCUT2D eigenvalue weighted by molar-refractivity contribution is 0.724. The molecule has 1 aliphatic carbocycles. The number of hydrogen-bond donors (Lipinski definition) is 0. The molecule has 2 rings (SSSR count). The van der Waals surface area contributed by atoms with Gasteiger partial charge in [-0.2, -0.15) is 0 Å². The number of nitrogens with zero attached hydrogens (tertiary/aromatic N) is 1. The first kappa shape index (κ1) is 12.3. The van der Waals surface area contributed by atoms with Crippen LogP contribution in [0.5, 0.6) is 0 Å². The molecule has 88 valence electrons. The average molecular weight is 303 g/mol. The Morgan fingerprint density at radius 3 is 2.75 bits per heavy atom. The molecular formula is C13H17BrClN. The van der Waals surface area contributed by atoms with Crippen LogP contribution in [0, 0.1) is 11.8 Å². The number of rotatable bonds is 4. The maximum Gasteiger partial charge on any atom is 0.0410 e. The van der Waals surface area contributed by atoms with Gasteiger partial charge in [0.15, 0.2) is 0 Å². The average Bonchev–Trinajstić information content (AvgIpc) is 2.93. The molecule has 16 heavy (non-hydrogen) atoms. The van der Waals surface area contributed by atoms with E-state index < -0.39 is 0 Å². The van der Waals surface area contributed by atoms with Gasteiger partial charge in [0.05, 0.1) is 0 Å². The van der Waals surface area contributed by atoms with Gasteiger partial charge in [0.2, 0.25) is 0 Å². The predicted octanol–water partition coefficient (Wildman–Crippen LogP) is 4.33. The van der Waals surface area contributed by atoms with Crippen molar-refractivity contribution in [3.8, 4) is 0 Å². The second-order valence-corrected chi connectivity index (χ2v) is 5.76. The molecule has 1 aromatic rings. The van der Waals surface area contributed by atoms with Crippen molar-refractivity contribution in [2.45, 2.75) is 18.7 Å². The zero-order chi connectivity index (χ0) is 11.7. The van der Waals surface area contributed by atoms with Crippen molar-refractivity contribution in [3.63, 3.8) is 0 Å². The van der Waals surface area contributed by atoms with Crippen molar-refractivity contribution in [2.24, 2.45) is 11.8 Å². The number of halogens is 2. The highest BCUT2D eigenvalue weighted by Crippen LogP contribution is 2.39. The van der Waals surface area contributed by atoms with Crippen LogP contribution >= 0.6 is 27.5 Å². The molecule has 2 atom stereocenters. The minimum Gasteiger partial charge on any atom is -0.374 e. The van der Waals surface area contributed by atoms with Gasteiger partial charge in [-0.1, -0.05) is 34.5 Å². The molecule has 0 N–H and O–H groups in total. The van der Waals surface area contributed by atoms with Crippen molar-refractivity contribution < 1.29 is 0 Å². The molecule has 1 nitrogen and oxygen atoms in total. The van der Waals surface area contributed by atoms with Crippen molar-refractivity contribution in [1.82, 2.24) is 0 Å². The van der Waals surface area contributed by atoms with E-state index in [2.05, 4.69) is 40.9 Å². The van der Waals surface area contributed by atoms with E-state index in [9.17, 15) is 0 Å². The second kappa shape index (κ2) is 4.97. The standard InChI is InChI=1S/C13H17BrClN/c1-9-5-11(9)8-16(2)13-4-3-12(15)6-10(13)7-14/h3-4,6,9,11H,5,7-8H2,1-2H3. The molecule has 2 unspecified atom stereocenters. The minimum atomic E-state index is 0.811. The van der Waals surface area contributed by atoms with Crippen molar-refractivity contribution in [1.29, 1.82) is 0 Å². The molecule has 0 amide bonds. The van der Waals surface area contributed by atoms with Gasteiger partial charge >= 0.3 is 0 Å². The number of benzene rings is 1. The summed E-state index contributed by atoms with van der Waals surface area (Å²) in [5.41, 5.74) is 2.56. The molecular weight excluding hydrogens is 286 g/mol. The minimum absolute atomic E-state index is 0.811. The Morgan fingerprint density at radius 1 is 1.50 bits per heavy atom. The summed E-state index contributed by atoms with van der Waals surface area (Å²) >= 11 is 9.52. The molecule has 0 aromatic heterocycles. The topological polar surface area (TPSA) is 3.24 Å². The quantitative estimate of drug-likeness (QED) is 0.748. The first-order valence-electron chi connectivity index (χ1n) is 5.67. The zero-order valence-corrected chi connectivity index (χ0v) is 12.1. The largest absolute Gasteiger partial charge is 0.374 e. The Bertz CT molecular complexity index is 380. The Balaban J connectivity index is 2.12. The van der Waals surface area contributed by atoms with Gasteiger partial charge in [0.25, 0.3) is 0 Å². The molecule has 0 aliphatic heterocycles. The van der Waals surface area contributed by atoms with E-state index in [1.54, 1.807) is 0 Å². The normalized spacial score (nSPS) is 23.2. The monoisotopic (exact) mass is 301 g/mol. The van der Waals surface area contributed by atoms with Crippen LogP contribution in [0.2, 0.25) is 5.02 Å². The van der Waals surface area contributed by atoms with Crippen LogP contribution < -0.4 is 4.90 Å². The van der Waals surface area contributed by atoms with Crippen LogP contribution in [0.15, 0.2) is 18.2 Å². The number of hydrogen-bond acceptors (Lipinski definition) is 1. The van der Waals surface area contributed by atoms with Gasteiger partial charge in [0, 0.05) is 29.6 Å². The third-order valence-electron chi connectivity index (χ3n) is 3.38. The number of alkyl halides is 1. The van der Waals surface area contributed by atoms with Crippen molar-refractivity contribution in [2.75, 3.05) is 18.5 Å². The lowest BCUT2D eigenvalue weighted by Crippen LogP contribution is -2.21. The van der Waals surface area contributed by atoms with E-state index in [0.29, 0.717) is 0 Å². The molecule has 0 saturated heterocycles. The van der Waals surface area contributed by atoms with Crippen LogP contribution in [0.1, 0.15) is 18.9 Å². The zero-order valence-electron chi connectivity index (χ0n) is 9.71.